The van der Waals surface area contributed by atoms with Gasteiger partial charge in [-0.15, -0.1) is 0 Å². The molecule has 3 rings (SSSR count). The summed E-state index contributed by atoms with van der Waals surface area (Å²) in [4.78, 5) is 24.4. The van der Waals surface area contributed by atoms with Crippen LogP contribution in [0.2, 0.25) is 0 Å². The molecule has 1 aliphatic heterocycles. The Hall–Kier alpha value is -3.22. The number of rotatable bonds is 4. The Labute approximate surface area is 145 Å². The summed E-state index contributed by atoms with van der Waals surface area (Å²) in [6.45, 7) is 2.83. The molecule has 0 bridgehead atoms. The summed E-state index contributed by atoms with van der Waals surface area (Å²) in [5, 5.41) is 17.2. The van der Waals surface area contributed by atoms with Gasteiger partial charge in [0, 0.05) is 43.4 Å². The van der Waals surface area contributed by atoms with Crippen LogP contribution in [-0.4, -0.2) is 30.1 Å². The summed E-state index contributed by atoms with van der Waals surface area (Å²) in [5.74, 6) is -0.229. The molecular weight excluding hydrogens is 320 g/mol. The fourth-order valence-electron chi connectivity index (χ4n) is 2.66. The van der Waals surface area contributed by atoms with E-state index in [1.807, 2.05) is 24.1 Å². The zero-order valence-corrected chi connectivity index (χ0v) is 14.0. The Bertz CT molecular complexity index is 846. The number of hydrazone groups is 1. The first-order valence-electron chi connectivity index (χ1n) is 7.90. The number of nitro groups is 1. The van der Waals surface area contributed by atoms with E-state index in [1.165, 1.54) is 17.0 Å². The maximum atomic E-state index is 12.6. The Morgan fingerprint density at radius 2 is 1.96 bits per heavy atom. The van der Waals surface area contributed by atoms with E-state index in [0.29, 0.717) is 11.3 Å². The van der Waals surface area contributed by atoms with Crippen molar-refractivity contribution in [3.63, 3.8) is 0 Å². The van der Waals surface area contributed by atoms with E-state index in [9.17, 15) is 14.9 Å². The third-order valence-corrected chi connectivity index (χ3v) is 4.12. The lowest BCUT2D eigenvalue weighted by Gasteiger charge is -2.18. The van der Waals surface area contributed by atoms with Gasteiger partial charge in [-0.3, -0.25) is 19.9 Å². The van der Waals surface area contributed by atoms with Gasteiger partial charge in [-0.05, 0) is 37.3 Å². The second kappa shape index (κ2) is 6.72. The highest BCUT2D eigenvalue weighted by atomic mass is 16.6. The van der Waals surface area contributed by atoms with Crippen LogP contribution >= 0.6 is 0 Å². The molecule has 0 saturated carbocycles. The second-order valence-corrected chi connectivity index (χ2v) is 5.90. The van der Waals surface area contributed by atoms with E-state index < -0.39 is 4.92 Å². The van der Waals surface area contributed by atoms with Crippen molar-refractivity contribution in [2.24, 2.45) is 5.10 Å². The zero-order chi connectivity index (χ0) is 18.0. The fraction of sp³-hybridized carbons (Fsp3) is 0.222. The lowest BCUT2D eigenvalue weighted by Crippen LogP contribution is -2.26. The highest BCUT2D eigenvalue weighted by Crippen LogP contribution is 2.23. The molecule has 0 spiro atoms. The number of non-ortho nitro benzene ring substituents is 1. The molecule has 2 aromatic rings. The minimum absolute atomic E-state index is 0.0465. The van der Waals surface area contributed by atoms with Crippen molar-refractivity contribution in [3.05, 3.63) is 64.2 Å². The molecule has 2 aromatic carbocycles. The SMILES string of the molecule is CC1=NN(c2ccc(C(=O)N(C)c3cccc([N+](=O)[O-])c3)cc2)CC1. The van der Waals surface area contributed by atoms with Crippen LogP contribution in [-0.2, 0) is 0 Å². The maximum Gasteiger partial charge on any atom is 0.271 e. The molecule has 0 saturated heterocycles. The van der Waals surface area contributed by atoms with Gasteiger partial charge in [-0.2, -0.15) is 5.10 Å². The van der Waals surface area contributed by atoms with Crippen LogP contribution in [0.3, 0.4) is 0 Å². The van der Waals surface area contributed by atoms with Crippen molar-refractivity contribution < 1.29 is 9.72 Å². The summed E-state index contributed by atoms with van der Waals surface area (Å²) < 4.78 is 0. The van der Waals surface area contributed by atoms with Crippen LogP contribution in [0.25, 0.3) is 0 Å². The van der Waals surface area contributed by atoms with Crippen molar-refractivity contribution in [1.82, 2.24) is 0 Å². The van der Waals surface area contributed by atoms with Gasteiger partial charge in [-0.1, -0.05) is 6.07 Å². The van der Waals surface area contributed by atoms with Crippen LogP contribution < -0.4 is 9.91 Å². The number of carbonyl (C=O) groups excluding carboxylic acids is 1. The number of hydrogen-bond acceptors (Lipinski definition) is 5. The van der Waals surface area contributed by atoms with Crippen LogP contribution in [0.5, 0.6) is 0 Å². The quantitative estimate of drug-likeness (QED) is 0.632. The van der Waals surface area contributed by atoms with E-state index in [2.05, 4.69) is 5.10 Å². The smallest absolute Gasteiger partial charge is 0.271 e. The van der Waals surface area contributed by atoms with Crippen molar-refractivity contribution in [2.75, 3.05) is 23.5 Å². The first-order valence-corrected chi connectivity index (χ1v) is 7.90. The van der Waals surface area contributed by atoms with E-state index in [-0.39, 0.29) is 11.6 Å². The number of benzene rings is 2. The third-order valence-electron chi connectivity index (χ3n) is 4.12. The molecule has 1 amide bonds. The molecule has 0 unspecified atom stereocenters. The molecule has 0 atom stereocenters. The van der Waals surface area contributed by atoms with Crippen molar-refractivity contribution in [2.45, 2.75) is 13.3 Å². The van der Waals surface area contributed by atoms with Crippen LogP contribution in [0.4, 0.5) is 17.1 Å². The summed E-state index contributed by atoms with van der Waals surface area (Å²) in [6.07, 6.45) is 0.941. The molecule has 128 valence electrons. The number of amides is 1. The lowest BCUT2D eigenvalue weighted by atomic mass is 10.1. The molecule has 0 fully saturated rings. The second-order valence-electron chi connectivity index (χ2n) is 5.90. The molecule has 0 aromatic heterocycles. The summed E-state index contributed by atoms with van der Waals surface area (Å²) >= 11 is 0. The van der Waals surface area contributed by atoms with Crippen molar-refractivity contribution in [1.29, 1.82) is 0 Å². The molecule has 25 heavy (non-hydrogen) atoms. The predicted octanol–water partition coefficient (Wildman–Crippen LogP) is 3.46. The van der Waals surface area contributed by atoms with E-state index >= 15 is 0 Å². The molecule has 0 radical (unpaired) electrons. The Morgan fingerprint density at radius 1 is 1.24 bits per heavy atom. The number of anilines is 2. The Kier molecular flexibility index (Phi) is 4.47. The Morgan fingerprint density at radius 3 is 2.56 bits per heavy atom. The van der Waals surface area contributed by atoms with Crippen LogP contribution in [0.1, 0.15) is 23.7 Å². The van der Waals surface area contributed by atoms with Crippen molar-refractivity contribution >= 4 is 28.7 Å². The van der Waals surface area contributed by atoms with Gasteiger partial charge in [0.15, 0.2) is 0 Å². The van der Waals surface area contributed by atoms with Gasteiger partial charge in [-0.25, -0.2) is 0 Å². The average Bonchev–Trinajstić information content (AvgIpc) is 3.07. The number of hydrogen-bond donors (Lipinski definition) is 0. The molecule has 0 N–H and O–H groups in total. The fourth-order valence-corrected chi connectivity index (χ4v) is 2.66. The van der Waals surface area contributed by atoms with E-state index in [4.69, 9.17) is 0 Å². The summed E-state index contributed by atoms with van der Waals surface area (Å²) in [7, 11) is 1.60. The maximum absolute atomic E-state index is 12.6. The van der Waals surface area contributed by atoms with Gasteiger partial charge in [0.1, 0.15) is 0 Å². The average molecular weight is 338 g/mol. The van der Waals surface area contributed by atoms with Crippen LogP contribution in [0.15, 0.2) is 53.6 Å². The molecular formula is C18H18N4O3. The molecule has 1 aliphatic rings. The van der Waals surface area contributed by atoms with E-state index in [0.717, 1.165) is 24.4 Å². The minimum Gasteiger partial charge on any atom is -0.311 e. The van der Waals surface area contributed by atoms with Crippen LogP contribution in [0, 0.1) is 10.1 Å². The number of nitro benzene ring substituents is 1. The molecule has 0 aliphatic carbocycles. The standard InChI is InChI=1S/C18H18N4O3/c1-13-10-11-21(19-13)15-8-6-14(7-9-15)18(23)20(2)16-4-3-5-17(12-16)22(24)25/h3-9,12H,10-11H2,1-2H3. The minimum atomic E-state index is -0.477. The third kappa shape index (κ3) is 3.50. The van der Waals surface area contributed by atoms with Gasteiger partial charge in [0.2, 0.25) is 0 Å². The highest BCUT2D eigenvalue weighted by molar-refractivity contribution is 6.06. The summed E-state index contributed by atoms with van der Waals surface area (Å²) in [6, 6.07) is 13.2. The zero-order valence-electron chi connectivity index (χ0n) is 14.0. The van der Waals surface area contributed by atoms with Crippen molar-refractivity contribution in [3.8, 4) is 0 Å². The Balaban J connectivity index is 1.78. The molecule has 7 heteroatoms. The molecule has 1 heterocycles. The highest BCUT2D eigenvalue weighted by Gasteiger charge is 2.17. The first-order chi connectivity index (χ1) is 12.0. The number of carbonyl (C=O) groups is 1. The van der Waals surface area contributed by atoms with Gasteiger partial charge in [0.25, 0.3) is 11.6 Å². The first kappa shape index (κ1) is 16.6. The number of nitrogens with zero attached hydrogens (tertiary/aromatic N) is 4. The summed E-state index contributed by atoms with van der Waals surface area (Å²) in [5.41, 5.74) is 2.97. The monoisotopic (exact) mass is 338 g/mol. The van der Waals surface area contributed by atoms with Gasteiger partial charge < -0.3 is 4.90 Å². The largest absolute Gasteiger partial charge is 0.311 e. The normalized spacial score (nSPS) is 13.5. The molecule has 7 nitrogen and oxygen atoms in total. The predicted molar refractivity (Wildman–Crippen MR) is 97.3 cm³/mol. The topological polar surface area (TPSA) is 79.0 Å². The van der Waals surface area contributed by atoms with Gasteiger partial charge in [0.05, 0.1) is 16.3 Å². The van der Waals surface area contributed by atoms with E-state index in [1.54, 1.807) is 31.3 Å². The lowest BCUT2D eigenvalue weighted by molar-refractivity contribution is -0.384. The van der Waals surface area contributed by atoms with Gasteiger partial charge >= 0.3 is 0 Å².